The first-order chi connectivity index (χ1) is 12.0. The van der Waals surface area contributed by atoms with Crippen LogP contribution in [0.4, 0.5) is 0 Å². The van der Waals surface area contributed by atoms with Gasteiger partial charge in [-0.3, -0.25) is 4.79 Å². The van der Waals surface area contributed by atoms with E-state index in [-0.39, 0.29) is 12.3 Å². The molecule has 0 unspecified atom stereocenters. The van der Waals surface area contributed by atoms with Gasteiger partial charge in [-0.05, 0) is 49.3 Å². The van der Waals surface area contributed by atoms with Crippen LogP contribution in [0.3, 0.4) is 0 Å². The summed E-state index contributed by atoms with van der Waals surface area (Å²) in [5, 5.41) is 16.7. The first kappa shape index (κ1) is 17.2. The van der Waals surface area contributed by atoms with E-state index < -0.39 is 11.5 Å². The minimum Gasteiger partial charge on any atom is -0.480 e. The average Bonchev–Trinajstić information content (AvgIpc) is 3.06. The van der Waals surface area contributed by atoms with Crippen LogP contribution in [0.1, 0.15) is 38.2 Å². The molecular weight excluding hydrogens is 318 g/mol. The molecule has 0 aliphatic heterocycles. The minimum absolute atomic E-state index is 0.122. The predicted molar refractivity (Wildman–Crippen MR) is 93.4 cm³/mol. The molecule has 3 rings (SSSR count). The number of benzene rings is 1. The topological polar surface area (TPSA) is 84.2 Å². The normalized spacial score (nSPS) is 23.2. The zero-order valence-electron chi connectivity index (χ0n) is 14.3. The second-order valence-electron chi connectivity index (χ2n) is 6.92. The van der Waals surface area contributed by atoms with E-state index in [0.29, 0.717) is 18.8 Å². The largest absolute Gasteiger partial charge is 0.480 e. The van der Waals surface area contributed by atoms with Crippen molar-refractivity contribution >= 4 is 11.9 Å². The fourth-order valence-electron chi connectivity index (χ4n) is 3.32. The Labute approximate surface area is 146 Å². The van der Waals surface area contributed by atoms with Gasteiger partial charge in [0.1, 0.15) is 5.54 Å². The number of nitrogens with zero attached hydrogens (tertiary/aromatic N) is 2. The molecule has 1 aliphatic rings. The SMILES string of the molecule is CC1CCC(NC(=O)Cc2cnn(-c3ccccc3)c2)(C(=O)O)CC1. The highest BCUT2D eigenvalue weighted by molar-refractivity contribution is 5.88. The zero-order chi connectivity index (χ0) is 17.9. The number of hydrogen-bond acceptors (Lipinski definition) is 3. The minimum atomic E-state index is -1.13. The van der Waals surface area contributed by atoms with E-state index in [4.69, 9.17) is 0 Å². The molecular formula is C19H23N3O3. The highest BCUT2D eigenvalue weighted by Gasteiger charge is 2.42. The van der Waals surface area contributed by atoms with Crippen LogP contribution in [0.5, 0.6) is 0 Å². The molecule has 1 aliphatic carbocycles. The van der Waals surface area contributed by atoms with Gasteiger partial charge in [0.2, 0.25) is 5.91 Å². The Morgan fingerprint density at radius 1 is 1.28 bits per heavy atom. The molecule has 1 amide bonds. The van der Waals surface area contributed by atoms with Gasteiger partial charge >= 0.3 is 5.97 Å². The van der Waals surface area contributed by atoms with Gasteiger partial charge in [-0.1, -0.05) is 25.1 Å². The van der Waals surface area contributed by atoms with E-state index in [2.05, 4.69) is 17.3 Å². The lowest BCUT2D eigenvalue weighted by atomic mass is 9.77. The highest BCUT2D eigenvalue weighted by atomic mass is 16.4. The van der Waals surface area contributed by atoms with Crippen molar-refractivity contribution < 1.29 is 14.7 Å². The molecule has 2 N–H and O–H groups in total. The summed E-state index contributed by atoms with van der Waals surface area (Å²) in [5.74, 6) is -0.703. The Morgan fingerprint density at radius 2 is 1.96 bits per heavy atom. The highest BCUT2D eigenvalue weighted by Crippen LogP contribution is 2.32. The Bertz CT molecular complexity index is 746. The predicted octanol–water partition coefficient (Wildman–Crippen LogP) is 2.56. The van der Waals surface area contributed by atoms with E-state index in [0.717, 1.165) is 24.1 Å². The molecule has 1 fully saturated rings. The number of para-hydroxylation sites is 1. The maximum absolute atomic E-state index is 12.4. The Morgan fingerprint density at radius 3 is 2.60 bits per heavy atom. The van der Waals surface area contributed by atoms with Gasteiger partial charge < -0.3 is 10.4 Å². The number of amides is 1. The zero-order valence-corrected chi connectivity index (χ0v) is 14.3. The molecule has 6 nitrogen and oxygen atoms in total. The summed E-state index contributed by atoms with van der Waals surface area (Å²) >= 11 is 0. The van der Waals surface area contributed by atoms with Crippen LogP contribution in [0.15, 0.2) is 42.7 Å². The molecule has 132 valence electrons. The Kier molecular flexibility index (Phi) is 4.88. The van der Waals surface area contributed by atoms with Crippen LogP contribution >= 0.6 is 0 Å². The van der Waals surface area contributed by atoms with Crippen molar-refractivity contribution in [2.75, 3.05) is 0 Å². The molecule has 0 radical (unpaired) electrons. The number of carboxylic acid groups (broad SMARTS) is 1. The van der Waals surface area contributed by atoms with Crippen molar-refractivity contribution in [2.45, 2.75) is 44.6 Å². The summed E-state index contributed by atoms with van der Waals surface area (Å²) in [5.41, 5.74) is 0.544. The third-order valence-corrected chi connectivity index (χ3v) is 4.94. The number of carboxylic acids is 1. The van der Waals surface area contributed by atoms with E-state index in [1.54, 1.807) is 17.1 Å². The second kappa shape index (κ2) is 7.09. The third-order valence-electron chi connectivity index (χ3n) is 4.94. The molecule has 6 heteroatoms. The Hall–Kier alpha value is -2.63. The lowest BCUT2D eigenvalue weighted by Gasteiger charge is -2.36. The molecule has 1 saturated carbocycles. The molecule has 0 saturated heterocycles. The van der Waals surface area contributed by atoms with Gasteiger partial charge in [0, 0.05) is 6.20 Å². The number of carbonyl (C=O) groups is 2. The van der Waals surface area contributed by atoms with Crippen molar-refractivity contribution in [1.29, 1.82) is 0 Å². The lowest BCUT2D eigenvalue weighted by Crippen LogP contribution is -2.56. The number of aromatic nitrogens is 2. The van der Waals surface area contributed by atoms with Crippen LogP contribution in [0.25, 0.3) is 5.69 Å². The molecule has 2 aromatic rings. The van der Waals surface area contributed by atoms with Gasteiger partial charge in [-0.2, -0.15) is 5.10 Å². The van der Waals surface area contributed by atoms with Gasteiger partial charge in [-0.15, -0.1) is 0 Å². The van der Waals surface area contributed by atoms with Crippen LogP contribution in [-0.4, -0.2) is 32.3 Å². The van der Waals surface area contributed by atoms with Crippen LogP contribution in [0.2, 0.25) is 0 Å². The fourth-order valence-corrected chi connectivity index (χ4v) is 3.32. The van der Waals surface area contributed by atoms with E-state index in [1.165, 1.54) is 0 Å². The summed E-state index contributed by atoms with van der Waals surface area (Å²) in [4.78, 5) is 24.1. The van der Waals surface area contributed by atoms with E-state index in [9.17, 15) is 14.7 Å². The number of hydrogen-bond donors (Lipinski definition) is 2. The first-order valence-corrected chi connectivity index (χ1v) is 8.62. The summed E-state index contributed by atoms with van der Waals surface area (Å²) < 4.78 is 1.71. The van der Waals surface area contributed by atoms with Crippen molar-refractivity contribution in [3.8, 4) is 5.69 Å². The fraction of sp³-hybridized carbons (Fsp3) is 0.421. The number of aliphatic carboxylic acids is 1. The maximum atomic E-state index is 12.4. The molecule has 25 heavy (non-hydrogen) atoms. The molecule has 0 spiro atoms. The van der Waals surface area contributed by atoms with Crippen LogP contribution < -0.4 is 5.32 Å². The Balaban J connectivity index is 1.66. The van der Waals surface area contributed by atoms with Crippen LogP contribution in [-0.2, 0) is 16.0 Å². The summed E-state index contributed by atoms with van der Waals surface area (Å²) in [6, 6.07) is 9.63. The van der Waals surface area contributed by atoms with Crippen molar-refractivity contribution in [2.24, 2.45) is 5.92 Å². The number of carbonyl (C=O) groups excluding carboxylic acids is 1. The smallest absolute Gasteiger partial charge is 0.329 e. The molecule has 0 atom stereocenters. The molecule has 1 aromatic heterocycles. The van der Waals surface area contributed by atoms with Gasteiger partial charge in [0.15, 0.2) is 0 Å². The number of nitrogens with one attached hydrogen (secondary N) is 1. The average molecular weight is 341 g/mol. The second-order valence-corrected chi connectivity index (χ2v) is 6.92. The van der Waals surface area contributed by atoms with Gasteiger partial charge in [0.05, 0.1) is 18.3 Å². The molecule has 0 bridgehead atoms. The first-order valence-electron chi connectivity index (χ1n) is 8.62. The molecule has 1 heterocycles. The monoisotopic (exact) mass is 341 g/mol. The van der Waals surface area contributed by atoms with Crippen molar-refractivity contribution in [3.05, 3.63) is 48.3 Å². The third kappa shape index (κ3) is 3.90. The molecule has 1 aromatic carbocycles. The standard InChI is InChI=1S/C19H23N3O3/c1-14-7-9-19(10-8-14,18(24)25)21-17(23)11-15-12-20-22(13-15)16-5-3-2-4-6-16/h2-6,12-14H,7-11H2,1H3,(H,21,23)(H,24,25). The van der Waals surface area contributed by atoms with Gasteiger partial charge in [0.25, 0.3) is 0 Å². The maximum Gasteiger partial charge on any atom is 0.329 e. The summed E-state index contributed by atoms with van der Waals surface area (Å²) in [6.07, 6.45) is 6.17. The van der Waals surface area contributed by atoms with E-state index in [1.807, 2.05) is 30.3 Å². The quantitative estimate of drug-likeness (QED) is 0.875. The van der Waals surface area contributed by atoms with Gasteiger partial charge in [-0.25, -0.2) is 9.48 Å². The van der Waals surface area contributed by atoms with Crippen molar-refractivity contribution in [3.63, 3.8) is 0 Å². The van der Waals surface area contributed by atoms with Crippen molar-refractivity contribution in [1.82, 2.24) is 15.1 Å². The number of rotatable bonds is 5. The van der Waals surface area contributed by atoms with E-state index >= 15 is 0 Å². The summed E-state index contributed by atoms with van der Waals surface area (Å²) in [6.45, 7) is 2.12. The lowest BCUT2D eigenvalue weighted by molar-refractivity contribution is -0.149. The summed E-state index contributed by atoms with van der Waals surface area (Å²) in [7, 11) is 0. The van der Waals surface area contributed by atoms with Crippen LogP contribution in [0, 0.1) is 5.92 Å².